The van der Waals surface area contributed by atoms with Gasteiger partial charge in [-0.25, -0.2) is 4.79 Å². The van der Waals surface area contributed by atoms with Crippen molar-refractivity contribution in [3.05, 3.63) is 23.3 Å². The monoisotopic (exact) mass is 246 g/mol. The standard InChI is InChI=1S/C15H18O3/c1-10(7-14(17)18)5-6-13-11(2)8-12(16)9-15(13,3)4/h7-8,13H,9H2,1-4H3,(H,17,18)/b10-7-. The second-order valence-corrected chi connectivity index (χ2v) is 5.39. The van der Waals surface area contributed by atoms with E-state index in [9.17, 15) is 9.59 Å². The van der Waals surface area contributed by atoms with E-state index in [-0.39, 0.29) is 17.1 Å². The second-order valence-electron chi connectivity index (χ2n) is 5.39. The van der Waals surface area contributed by atoms with Crippen LogP contribution in [0.15, 0.2) is 23.3 Å². The van der Waals surface area contributed by atoms with Crippen LogP contribution in [0.25, 0.3) is 0 Å². The number of carboxylic acids is 1. The van der Waals surface area contributed by atoms with Crippen molar-refractivity contribution in [1.82, 2.24) is 0 Å². The Morgan fingerprint density at radius 1 is 1.56 bits per heavy atom. The van der Waals surface area contributed by atoms with Crippen LogP contribution in [-0.2, 0) is 9.59 Å². The van der Waals surface area contributed by atoms with Crippen LogP contribution in [-0.4, -0.2) is 16.9 Å². The maximum atomic E-state index is 11.5. The number of aliphatic carboxylic acids is 1. The summed E-state index contributed by atoms with van der Waals surface area (Å²) >= 11 is 0. The molecule has 0 radical (unpaired) electrons. The summed E-state index contributed by atoms with van der Waals surface area (Å²) in [5.41, 5.74) is 1.27. The third-order valence-corrected chi connectivity index (χ3v) is 3.01. The van der Waals surface area contributed by atoms with Crippen LogP contribution in [0.2, 0.25) is 0 Å². The fraction of sp³-hybridized carbons (Fsp3) is 0.467. The van der Waals surface area contributed by atoms with Gasteiger partial charge in [-0.15, -0.1) is 0 Å². The number of carbonyl (C=O) groups excluding carboxylic acids is 1. The van der Waals surface area contributed by atoms with Gasteiger partial charge in [-0.1, -0.05) is 31.3 Å². The topological polar surface area (TPSA) is 54.4 Å². The van der Waals surface area contributed by atoms with E-state index in [1.807, 2.05) is 20.8 Å². The maximum absolute atomic E-state index is 11.5. The van der Waals surface area contributed by atoms with E-state index in [1.165, 1.54) is 0 Å². The molecule has 3 nitrogen and oxygen atoms in total. The highest BCUT2D eigenvalue weighted by molar-refractivity contribution is 5.92. The van der Waals surface area contributed by atoms with Gasteiger partial charge in [0.25, 0.3) is 0 Å². The molecule has 0 amide bonds. The molecule has 1 unspecified atom stereocenters. The summed E-state index contributed by atoms with van der Waals surface area (Å²) in [7, 11) is 0. The molecule has 0 aromatic rings. The lowest BCUT2D eigenvalue weighted by Crippen LogP contribution is -2.30. The van der Waals surface area contributed by atoms with Crippen LogP contribution in [0.4, 0.5) is 0 Å². The first-order valence-corrected chi connectivity index (χ1v) is 5.86. The first kappa shape index (κ1) is 14.2. The maximum Gasteiger partial charge on any atom is 0.329 e. The molecule has 0 saturated carbocycles. The molecule has 0 spiro atoms. The van der Waals surface area contributed by atoms with Crippen LogP contribution in [0.5, 0.6) is 0 Å². The molecule has 1 rings (SSSR count). The third-order valence-electron chi connectivity index (χ3n) is 3.01. The number of hydrogen-bond donors (Lipinski definition) is 1. The molecular weight excluding hydrogens is 228 g/mol. The van der Waals surface area contributed by atoms with Crippen LogP contribution in [0.1, 0.15) is 34.1 Å². The molecule has 0 aliphatic heterocycles. The van der Waals surface area contributed by atoms with Crippen molar-refractivity contribution in [2.45, 2.75) is 34.1 Å². The number of carbonyl (C=O) groups is 2. The Labute approximate surface area is 108 Å². The van der Waals surface area contributed by atoms with Crippen LogP contribution >= 0.6 is 0 Å². The van der Waals surface area contributed by atoms with E-state index in [0.29, 0.717) is 12.0 Å². The smallest absolute Gasteiger partial charge is 0.329 e. The summed E-state index contributed by atoms with van der Waals surface area (Å²) < 4.78 is 0. The van der Waals surface area contributed by atoms with Gasteiger partial charge >= 0.3 is 5.97 Å². The van der Waals surface area contributed by atoms with Gasteiger partial charge in [0.05, 0.1) is 0 Å². The molecule has 1 aliphatic carbocycles. The Morgan fingerprint density at radius 3 is 2.67 bits per heavy atom. The summed E-state index contributed by atoms with van der Waals surface area (Å²) in [6, 6.07) is 0. The average Bonchev–Trinajstić information content (AvgIpc) is 2.12. The third kappa shape index (κ3) is 3.59. The molecule has 18 heavy (non-hydrogen) atoms. The first-order valence-electron chi connectivity index (χ1n) is 5.86. The molecule has 1 N–H and O–H groups in total. The van der Waals surface area contributed by atoms with Crippen molar-refractivity contribution < 1.29 is 14.7 Å². The highest BCUT2D eigenvalue weighted by Gasteiger charge is 2.34. The van der Waals surface area contributed by atoms with Crippen molar-refractivity contribution in [2.75, 3.05) is 0 Å². The lowest BCUT2D eigenvalue weighted by molar-refractivity contribution is -0.131. The summed E-state index contributed by atoms with van der Waals surface area (Å²) in [4.78, 5) is 22.0. The average molecular weight is 246 g/mol. The van der Waals surface area contributed by atoms with E-state index < -0.39 is 5.97 Å². The van der Waals surface area contributed by atoms with E-state index >= 15 is 0 Å². The molecule has 96 valence electrons. The number of allylic oxidation sites excluding steroid dienone is 3. The predicted molar refractivity (Wildman–Crippen MR) is 69.8 cm³/mol. The Morgan fingerprint density at radius 2 is 2.17 bits per heavy atom. The molecule has 0 heterocycles. The Hall–Kier alpha value is -1.82. The van der Waals surface area contributed by atoms with Gasteiger partial charge in [-0.2, -0.15) is 0 Å². The minimum atomic E-state index is -0.993. The number of rotatable bonds is 1. The number of hydrogen-bond acceptors (Lipinski definition) is 2. The highest BCUT2D eigenvalue weighted by Crippen LogP contribution is 2.39. The predicted octanol–water partition coefficient (Wildman–Crippen LogP) is 2.58. The molecule has 3 heteroatoms. The normalized spacial score (nSPS) is 22.9. The van der Waals surface area contributed by atoms with Crippen LogP contribution in [0.3, 0.4) is 0 Å². The second kappa shape index (κ2) is 5.22. The molecule has 0 saturated heterocycles. The lowest BCUT2D eigenvalue weighted by atomic mass is 9.68. The lowest BCUT2D eigenvalue weighted by Gasteiger charge is -2.34. The van der Waals surface area contributed by atoms with Crippen LogP contribution in [0, 0.1) is 23.2 Å². The van der Waals surface area contributed by atoms with E-state index in [1.54, 1.807) is 13.0 Å². The SMILES string of the molecule is CC1=CC(=O)CC(C)(C)C1C#C/C(C)=C\C(=O)O. The first-order chi connectivity index (χ1) is 8.22. The summed E-state index contributed by atoms with van der Waals surface area (Å²) in [6.07, 6.45) is 3.21. The van der Waals surface area contributed by atoms with Gasteiger partial charge in [0.15, 0.2) is 5.78 Å². The fourth-order valence-electron chi connectivity index (χ4n) is 2.27. The zero-order valence-electron chi connectivity index (χ0n) is 11.2. The minimum absolute atomic E-state index is 0.00709. The van der Waals surface area contributed by atoms with Crippen molar-refractivity contribution in [1.29, 1.82) is 0 Å². The molecule has 0 fully saturated rings. The van der Waals surface area contributed by atoms with Gasteiger partial charge in [0, 0.05) is 24.0 Å². The van der Waals surface area contributed by atoms with Gasteiger partial charge in [-0.05, 0) is 25.3 Å². The Bertz CT molecular complexity index is 496. The van der Waals surface area contributed by atoms with E-state index in [4.69, 9.17) is 5.11 Å². The van der Waals surface area contributed by atoms with Crippen molar-refractivity contribution in [3.8, 4) is 11.8 Å². The van der Waals surface area contributed by atoms with Crippen molar-refractivity contribution >= 4 is 11.8 Å². The fourth-order valence-corrected chi connectivity index (χ4v) is 2.27. The molecule has 1 aliphatic rings. The minimum Gasteiger partial charge on any atom is -0.478 e. The molecule has 1 atom stereocenters. The quantitative estimate of drug-likeness (QED) is 0.571. The highest BCUT2D eigenvalue weighted by atomic mass is 16.4. The van der Waals surface area contributed by atoms with Gasteiger partial charge in [-0.3, -0.25) is 4.79 Å². The number of carboxylic acid groups (broad SMARTS) is 1. The molecule has 0 bridgehead atoms. The summed E-state index contributed by atoms with van der Waals surface area (Å²) in [6.45, 7) is 7.59. The summed E-state index contributed by atoms with van der Waals surface area (Å²) in [5.74, 6) is 5.08. The largest absolute Gasteiger partial charge is 0.478 e. The van der Waals surface area contributed by atoms with Crippen molar-refractivity contribution in [2.24, 2.45) is 11.3 Å². The van der Waals surface area contributed by atoms with E-state index in [2.05, 4.69) is 11.8 Å². The zero-order chi connectivity index (χ0) is 13.9. The van der Waals surface area contributed by atoms with E-state index in [0.717, 1.165) is 11.6 Å². The van der Waals surface area contributed by atoms with Crippen molar-refractivity contribution in [3.63, 3.8) is 0 Å². The molecular formula is C15H18O3. The van der Waals surface area contributed by atoms with Gasteiger partial charge in [0.1, 0.15) is 0 Å². The van der Waals surface area contributed by atoms with Crippen LogP contribution < -0.4 is 0 Å². The van der Waals surface area contributed by atoms with Gasteiger partial charge in [0.2, 0.25) is 0 Å². The summed E-state index contributed by atoms with van der Waals surface area (Å²) in [5, 5.41) is 8.61. The number of ketones is 1. The van der Waals surface area contributed by atoms with Gasteiger partial charge < -0.3 is 5.11 Å². The molecule has 0 aromatic carbocycles. The molecule has 0 aromatic heterocycles. The Balaban J connectivity index is 3.03. The Kier molecular flexibility index (Phi) is 4.13. The zero-order valence-corrected chi connectivity index (χ0v) is 11.2.